The van der Waals surface area contributed by atoms with Crippen molar-refractivity contribution in [3.05, 3.63) is 21.9 Å². The summed E-state index contributed by atoms with van der Waals surface area (Å²) < 4.78 is 0. The van der Waals surface area contributed by atoms with E-state index < -0.39 is 0 Å². The van der Waals surface area contributed by atoms with E-state index >= 15 is 0 Å². The van der Waals surface area contributed by atoms with Gasteiger partial charge in [-0.25, -0.2) is 0 Å². The van der Waals surface area contributed by atoms with Crippen molar-refractivity contribution in [3.63, 3.8) is 0 Å². The molecule has 56 valence electrons. The van der Waals surface area contributed by atoms with Gasteiger partial charge < -0.3 is 10.8 Å². The van der Waals surface area contributed by atoms with Gasteiger partial charge in [-0.1, -0.05) is 0 Å². The molecule has 2 nitrogen and oxygen atoms in total. The Balaban J connectivity index is 2.78. The zero-order valence-corrected chi connectivity index (χ0v) is 6.69. The number of rotatable bonds is 2. The van der Waals surface area contributed by atoms with Gasteiger partial charge in [-0.05, 0) is 23.9 Å². The van der Waals surface area contributed by atoms with Crippen molar-refractivity contribution in [1.29, 1.82) is 0 Å². The third kappa shape index (κ3) is 1.56. The second-order valence-corrected chi connectivity index (χ2v) is 3.18. The molecule has 0 aliphatic rings. The average molecular weight is 157 g/mol. The van der Waals surface area contributed by atoms with E-state index in [9.17, 15) is 0 Å². The van der Waals surface area contributed by atoms with E-state index in [4.69, 9.17) is 10.8 Å². The normalized spacial score (nSPS) is 13.5. The molecule has 1 heterocycles. The van der Waals surface area contributed by atoms with Crippen LogP contribution in [0.25, 0.3) is 0 Å². The van der Waals surface area contributed by atoms with Crippen LogP contribution >= 0.6 is 11.3 Å². The molecule has 0 aromatic carbocycles. The van der Waals surface area contributed by atoms with Gasteiger partial charge in [0.25, 0.3) is 0 Å². The van der Waals surface area contributed by atoms with Crippen LogP contribution in [0.4, 0.5) is 0 Å². The third-order valence-electron chi connectivity index (χ3n) is 1.32. The minimum atomic E-state index is -0.356. The highest BCUT2D eigenvalue weighted by Crippen LogP contribution is 2.20. The molecule has 0 radical (unpaired) electrons. The van der Waals surface area contributed by atoms with Gasteiger partial charge >= 0.3 is 0 Å². The van der Waals surface area contributed by atoms with Crippen LogP contribution in [0.3, 0.4) is 0 Å². The minimum Gasteiger partial charge on any atom is -0.388 e. The quantitative estimate of drug-likeness (QED) is 0.679. The molecule has 0 aliphatic heterocycles. The van der Waals surface area contributed by atoms with E-state index in [1.54, 1.807) is 18.3 Å². The monoisotopic (exact) mass is 157 g/mol. The highest BCUT2D eigenvalue weighted by molar-refractivity contribution is 7.10. The Hall–Kier alpha value is -0.380. The predicted octanol–water partition coefficient (Wildman–Crippen LogP) is 1.26. The molecule has 0 saturated heterocycles. The van der Waals surface area contributed by atoms with Crippen LogP contribution < -0.4 is 5.73 Å². The molecule has 0 bridgehead atoms. The molecule has 1 rings (SSSR count). The first-order valence-corrected chi connectivity index (χ1v) is 4.07. The average Bonchev–Trinajstić information content (AvgIpc) is 2.34. The zero-order valence-electron chi connectivity index (χ0n) is 5.87. The van der Waals surface area contributed by atoms with E-state index in [0.717, 1.165) is 10.4 Å². The van der Waals surface area contributed by atoms with Crippen molar-refractivity contribution in [1.82, 2.24) is 0 Å². The molecule has 10 heavy (non-hydrogen) atoms. The summed E-state index contributed by atoms with van der Waals surface area (Å²) in [6, 6.07) is 1.94. The van der Waals surface area contributed by atoms with Crippen molar-refractivity contribution in [2.24, 2.45) is 5.73 Å². The summed E-state index contributed by atoms with van der Waals surface area (Å²) in [6.45, 7) is 2.31. The lowest BCUT2D eigenvalue weighted by Gasteiger charge is -1.96. The van der Waals surface area contributed by atoms with E-state index in [0.29, 0.717) is 6.54 Å². The van der Waals surface area contributed by atoms with E-state index in [1.807, 2.05) is 11.4 Å². The summed E-state index contributed by atoms with van der Waals surface area (Å²) in [6.07, 6.45) is -0.356. The second kappa shape index (κ2) is 3.14. The smallest absolute Gasteiger partial charge is 0.0854 e. The van der Waals surface area contributed by atoms with Crippen LogP contribution in [0.1, 0.15) is 23.5 Å². The highest BCUT2D eigenvalue weighted by Gasteiger charge is 2.02. The maximum absolute atomic E-state index is 9.10. The lowest BCUT2D eigenvalue weighted by molar-refractivity contribution is 0.203. The summed E-state index contributed by atoms with van der Waals surface area (Å²) in [4.78, 5) is 0.987. The third-order valence-corrected chi connectivity index (χ3v) is 2.47. The van der Waals surface area contributed by atoms with E-state index in [1.165, 1.54) is 0 Å². The molecule has 0 aliphatic carbocycles. The van der Waals surface area contributed by atoms with Gasteiger partial charge in [-0.15, -0.1) is 11.3 Å². The van der Waals surface area contributed by atoms with Gasteiger partial charge in [0.2, 0.25) is 0 Å². The van der Waals surface area contributed by atoms with Crippen LogP contribution in [0.5, 0.6) is 0 Å². The fraction of sp³-hybridized carbons (Fsp3) is 0.429. The maximum Gasteiger partial charge on any atom is 0.0854 e. The molecule has 1 aromatic heterocycles. The Kier molecular flexibility index (Phi) is 2.43. The summed E-state index contributed by atoms with van der Waals surface area (Å²) in [5.41, 5.74) is 6.49. The van der Waals surface area contributed by atoms with Crippen LogP contribution in [-0.2, 0) is 6.54 Å². The highest BCUT2D eigenvalue weighted by atomic mass is 32.1. The molecule has 0 amide bonds. The first-order valence-electron chi connectivity index (χ1n) is 3.19. The molecule has 1 atom stereocenters. The lowest BCUT2D eigenvalue weighted by Crippen LogP contribution is -1.93. The Morgan fingerprint density at radius 2 is 2.50 bits per heavy atom. The van der Waals surface area contributed by atoms with E-state index in [-0.39, 0.29) is 6.10 Å². The summed E-state index contributed by atoms with van der Waals surface area (Å²) in [5.74, 6) is 0. The largest absolute Gasteiger partial charge is 0.388 e. The van der Waals surface area contributed by atoms with Crippen molar-refractivity contribution in [3.8, 4) is 0 Å². The van der Waals surface area contributed by atoms with Crippen LogP contribution in [-0.4, -0.2) is 5.11 Å². The molecular weight excluding hydrogens is 146 g/mol. The van der Waals surface area contributed by atoms with Gasteiger partial charge in [0.15, 0.2) is 0 Å². The van der Waals surface area contributed by atoms with Crippen molar-refractivity contribution in [2.75, 3.05) is 0 Å². The molecular formula is C7H11NOS. The molecule has 1 unspecified atom stereocenters. The van der Waals surface area contributed by atoms with Gasteiger partial charge in [-0.3, -0.25) is 0 Å². The maximum atomic E-state index is 9.10. The zero-order chi connectivity index (χ0) is 7.56. The van der Waals surface area contributed by atoms with Gasteiger partial charge in [0.1, 0.15) is 0 Å². The van der Waals surface area contributed by atoms with Crippen molar-refractivity contribution >= 4 is 11.3 Å². The van der Waals surface area contributed by atoms with Crippen molar-refractivity contribution < 1.29 is 5.11 Å². The number of hydrogen-bond acceptors (Lipinski definition) is 3. The Morgan fingerprint density at radius 3 is 2.80 bits per heavy atom. The topological polar surface area (TPSA) is 46.2 Å². The van der Waals surface area contributed by atoms with Crippen LogP contribution in [0, 0.1) is 0 Å². The van der Waals surface area contributed by atoms with Gasteiger partial charge in [0.05, 0.1) is 6.10 Å². The Morgan fingerprint density at radius 1 is 1.80 bits per heavy atom. The number of aliphatic hydroxyl groups excluding tert-OH is 1. The minimum absolute atomic E-state index is 0.356. The second-order valence-electron chi connectivity index (χ2n) is 2.24. The van der Waals surface area contributed by atoms with Crippen molar-refractivity contribution in [2.45, 2.75) is 19.6 Å². The Bertz CT molecular complexity index is 207. The molecule has 0 saturated carbocycles. The first kappa shape index (κ1) is 7.72. The summed E-state index contributed by atoms with van der Waals surface area (Å²) in [7, 11) is 0. The molecule has 3 N–H and O–H groups in total. The van der Waals surface area contributed by atoms with Gasteiger partial charge in [0, 0.05) is 11.4 Å². The summed E-state index contributed by atoms with van der Waals surface area (Å²) in [5, 5.41) is 11.1. The number of hydrogen-bond donors (Lipinski definition) is 2. The van der Waals surface area contributed by atoms with E-state index in [2.05, 4.69) is 0 Å². The lowest BCUT2D eigenvalue weighted by atomic mass is 10.2. The summed E-state index contributed by atoms with van der Waals surface area (Å²) >= 11 is 1.55. The number of thiophene rings is 1. The predicted molar refractivity (Wildman–Crippen MR) is 42.8 cm³/mol. The molecule has 1 aromatic rings. The molecule has 0 spiro atoms. The van der Waals surface area contributed by atoms with Crippen LogP contribution in [0.15, 0.2) is 11.4 Å². The fourth-order valence-corrected chi connectivity index (χ4v) is 1.59. The molecule has 0 fully saturated rings. The SMILES string of the molecule is CC(O)c1cc(CN)cs1. The molecule has 3 heteroatoms. The first-order chi connectivity index (χ1) is 4.74. The Labute approximate surface area is 64.3 Å². The fourth-order valence-electron chi connectivity index (χ4n) is 0.721. The van der Waals surface area contributed by atoms with Crippen LogP contribution in [0.2, 0.25) is 0 Å². The number of aliphatic hydroxyl groups is 1. The number of nitrogens with two attached hydrogens (primary N) is 1. The van der Waals surface area contributed by atoms with Gasteiger partial charge in [-0.2, -0.15) is 0 Å². The standard InChI is InChI=1S/C7H11NOS/c1-5(9)7-2-6(3-8)4-10-7/h2,4-5,9H,3,8H2,1H3.